The van der Waals surface area contributed by atoms with Crippen molar-refractivity contribution >= 4 is 34.5 Å². The molecule has 0 aliphatic carbocycles. The summed E-state index contributed by atoms with van der Waals surface area (Å²) in [5, 5.41) is 1.10. The number of rotatable bonds is 5. The molecule has 2 aliphatic heterocycles. The summed E-state index contributed by atoms with van der Waals surface area (Å²) in [5.74, 6) is 0.718. The van der Waals surface area contributed by atoms with Gasteiger partial charge in [-0.15, -0.1) is 11.8 Å². The number of para-hydroxylation sites is 1. The lowest BCUT2D eigenvalue weighted by molar-refractivity contribution is -0.140. The molecule has 0 radical (unpaired) electrons. The van der Waals surface area contributed by atoms with Crippen LogP contribution in [0.2, 0.25) is 0 Å². The number of thioether (sulfide) groups is 1. The number of ether oxygens (including phenoxy) is 1. The van der Waals surface area contributed by atoms with Crippen molar-refractivity contribution in [3.63, 3.8) is 0 Å². The van der Waals surface area contributed by atoms with Crippen LogP contribution in [0.3, 0.4) is 0 Å². The summed E-state index contributed by atoms with van der Waals surface area (Å²) in [4.78, 5) is 30.5. The van der Waals surface area contributed by atoms with Crippen molar-refractivity contribution in [1.82, 2.24) is 14.4 Å². The molecule has 0 unspecified atom stereocenters. The number of benzene rings is 1. The molecule has 2 amide bonds. The van der Waals surface area contributed by atoms with Crippen molar-refractivity contribution in [2.45, 2.75) is 56.8 Å². The van der Waals surface area contributed by atoms with Gasteiger partial charge in [0, 0.05) is 48.2 Å². The highest BCUT2D eigenvalue weighted by Gasteiger charge is 2.26. The Morgan fingerprint density at radius 1 is 1.00 bits per heavy atom. The fourth-order valence-corrected chi connectivity index (χ4v) is 5.45. The third-order valence-electron chi connectivity index (χ3n) is 5.89. The molecule has 1 aromatic heterocycles. The Hall–Kier alpha value is -1.99. The summed E-state index contributed by atoms with van der Waals surface area (Å²) in [6.07, 6.45) is 5.59. The van der Waals surface area contributed by atoms with Crippen LogP contribution in [0.5, 0.6) is 0 Å². The monoisotopic (exact) mass is 429 g/mol. The number of morpholine rings is 1. The highest BCUT2D eigenvalue weighted by molar-refractivity contribution is 8.00. The van der Waals surface area contributed by atoms with E-state index in [0.29, 0.717) is 25.4 Å². The molecule has 6 nitrogen and oxygen atoms in total. The Kier molecular flexibility index (Phi) is 6.68. The number of amides is 2. The van der Waals surface area contributed by atoms with E-state index in [2.05, 4.69) is 12.1 Å². The molecule has 0 bridgehead atoms. The summed E-state index contributed by atoms with van der Waals surface area (Å²) < 4.78 is 7.78. The molecule has 2 aromatic rings. The maximum absolute atomic E-state index is 12.8. The minimum Gasteiger partial charge on any atom is -0.372 e. The summed E-state index contributed by atoms with van der Waals surface area (Å²) in [6, 6.07) is 8.13. The molecule has 1 aromatic carbocycles. The van der Waals surface area contributed by atoms with Gasteiger partial charge >= 0.3 is 0 Å². The number of likely N-dealkylation sites (tertiary alicyclic amines) is 1. The van der Waals surface area contributed by atoms with E-state index < -0.39 is 0 Å². The predicted octanol–water partition coefficient (Wildman–Crippen LogP) is 3.38. The van der Waals surface area contributed by atoms with E-state index in [9.17, 15) is 9.59 Å². The molecule has 3 heterocycles. The molecule has 7 heteroatoms. The highest BCUT2D eigenvalue weighted by Crippen LogP contribution is 2.30. The van der Waals surface area contributed by atoms with Crippen LogP contribution in [0.15, 0.2) is 35.4 Å². The third-order valence-corrected chi connectivity index (χ3v) is 6.92. The number of carbonyl (C=O) groups excluding carboxylic acids is 2. The lowest BCUT2D eigenvalue weighted by Crippen LogP contribution is -2.48. The number of aromatic nitrogens is 1. The number of fused-ring (bicyclic) bond motifs is 1. The molecule has 2 atom stereocenters. The van der Waals surface area contributed by atoms with Gasteiger partial charge in [-0.1, -0.05) is 18.2 Å². The van der Waals surface area contributed by atoms with Crippen molar-refractivity contribution in [3.05, 3.63) is 30.5 Å². The van der Waals surface area contributed by atoms with Gasteiger partial charge in [0.1, 0.15) is 6.54 Å². The lowest BCUT2D eigenvalue weighted by Gasteiger charge is -2.35. The van der Waals surface area contributed by atoms with Crippen LogP contribution >= 0.6 is 11.8 Å². The van der Waals surface area contributed by atoms with Gasteiger partial charge in [0.2, 0.25) is 11.8 Å². The van der Waals surface area contributed by atoms with E-state index in [-0.39, 0.29) is 24.0 Å². The number of hydrogen-bond acceptors (Lipinski definition) is 4. The first kappa shape index (κ1) is 21.2. The van der Waals surface area contributed by atoms with Gasteiger partial charge in [-0.05, 0) is 39.2 Å². The molecule has 2 aliphatic rings. The van der Waals surface area contributed by atoms with Crippen LogP contribution in [-0.4, -0.2) is 70.3 Å². The topological polar surface area (TPSA) is 54.8 Å². The van der Waals surface area contributed by atoms with Gasteiger partial charge in [-0.3, -0.25) is 9.59 Å². The molecule has 4 rings (SSSR count). The van der Waals surface area contributed by atoms with Crippen LogP contribution in [0.25, 0.3) is 10.9 Å². The zero-order chi connectivity index (χ0) is 21.1. The first-order valence-corrected chi connectivity index (χ1v) is 11.9. The Balaban J connectivity index is 1.45. The van der Waals surface area contributed by atoms with E-state index in [4.69, 9.17) is 4.74 Å². The van der Waals surface area contributed by atoms with E-state index in [1.54, 1.807) is 11.8 Å². The molecular formula is C23H31N3O3S. The van der Waals surface area contributed by atoms with Gasteiger partial charge in [-0.25, -0.2) is 0 Å². The third kappa shape index (κ3) is 4.83. The average Bonchev–Trinajstić information content (AvgIpc) is 3.09. The fraction of sp³-hybridized carbons (Fsp3) is 0.565. The second-order valence-electron chi connectivity index (χ2n) is 8.42. The first-order chi connectivity index (χ1) is 14.5. The maximum atomic E-state index is 12.8. The van der Waals surface area contributed by atoms with Crippen LogP contribution in [0.4, 0.5) is 0 Å². The van der Waals surface area contributed by atoms with E-state index in [0.717, 1.165) is 41.7 Å². The SMILES string of the molecule is C[C@@H]1CN(C(=O)CSc2cn(CC(=O)N3CCCCC3)c3ccccc23)C[C@H](C)O1. The quantitative estimate of drug-likeness (QED) is 0.684. The molecule has 0 spiro atoms. The van der Waals surface area contributed by atoms with Gasteiger partial charge in [0.15, 0.2) is 0 Å². The van der Waals surface area contributed by atoms with Crippen LogP contribution in [-0.2, 0) is 20.9 Å². The number of piperidine rings is 1. The van der Waals surface area contributed by atoms with Gasteiger partial charge in [0.25, 0.3) is 0 Å². The van der Waals surface area contributed by atoms with E-state index >= 15 is 0 Å². The number of nitrogens with zero attached hydrogens (tertiary/aromatic N) is 3. The zero-order valence-corrected chi connectivity index (χ0v) is 18.7. The Morgan fingerprint density at radius 2 is 1.70 bits per heavy atom. The molecule has 30 heavy (non-hydrogen) atoms. The minimum absolute atomic E-state index is 0.0745. The molecule has 2 saturated heterocycles. The second-order valence-corrected chi connectivity index (χ2v) is 9.44. The zero-order valence-electron chi connectivity index (χ0n) is 17.9. The number of hydrogen-bond donors (Lipinski definition) is 0. The van der Waals surface area contributed by atoms with E-state index in [1.165, 1.54) is 6.42 Å². The molecule has 0 saturated carbocycles. The normalized spacial score (nSPS) is 22.5. The van der Waals surface area contributed by atoms with Gasteiger partial charge < -0.3 is 19.1 Å². The average molecular weight is 430 g/mol. The summed E-state index contributed by atoms with van der Waals surface area (Å²) in [5.41, 5.74) is 1.05. The predicted molar refractivity (Wildman–Crippen MR) is 120 cm³/mol. The molecule has 162 valence electrons. The van der Waals surface area contributed by atoms with Gasteiger partial charge in [-0.2, -0.15) is 0 Å². The molecule has 0 N–H and O–H groups in total. The Morgan fingerprint density at radius 3 is 2.43 bits per heavy atom. The summed E-state index contributed by atoms with van der Waals surface area (Å²) in [6.45, 7) is 7.40. The smallest absolute Gasteiger partial charge is 0.242 e. The van der Waals surface area contributed by atoms with Crippen LogP contribution in [0, 0.1) is 0 Å². The van der Waals surface area contributed by atoms with Crippen molar-refractivity contribution in [3.8, 4) is 0 Å². The van der Waals surface area contributed by atoms with E-state index in [1.807, 2.05) is 46.5 Å². The number of carbonyl (C=O) groups is 2. The minimum atomic E-state index is 0.0745. The highest BCUT2D eigenvalue weighted by atomic mass is 32.2. The second kappa shape index (κ2) is 9.43. The standard InChI is InChI=1S/C23H31N3O3S/c1-17-12-26(13-18(2)29-17)23(28)16-30-21-14-25(20-9-5-4-8-19(20)21)15-22(27)24-10-6-3-7-11-24/h4-5,8-9,14,17-18H,3,6-7,10-13,15-16H2,1-2H3/t17-,18+. The van der Waals surface area contributed by atoms with Gasteiger partial charge in [0.05, 0.1) is 18.0 Å². The van der Waals surface area contributed by atoms with Crippen molar-refractivity contribution in [1.29, 1.82) is 0 Å². The Bertz CT molecular complexity index is 896. The largest absolute Gasteiger partial charge is 0.372 e. The maximum Gasteiger partial charge on any atom is 0.242 e. The van der Waals surface area contributed by atoms with Crippen LogP contribution < -0.4 is 0 Å². The lowest BCUT2D eigenvalue weighted by atomic mass is 10.1. The van der Waals surface area contributed by atoms with Crippen molar-refractivity contribution in [2.75, 3.05) is 31.9 Å². The Labute approximate surface area is 182 Å². The molecular weight excluding hydrogens is 398 g/mol. The van der Waals surface area contributed by atoms with Crippen molar-refractivity contribution < 1.29 is 14.3 Å². The summed E-state index contributed by atoms with van der Waals surface area (Å²) >= 11 is 1.56. The fourth-order valence-electron chi connectivity index (χ4n) is 4.46. The summed E-state index contributed by atoms with van der Waals surface area (Å²) in [7, 11) is 0. The first-order valence-electron chi connectivity index (χ1n) is 10.9. The van der Waals surface area contributed by atoms with Crippen LogP contribution in [0.1, 0.15) is 33.1 Å². The van der Waals surface area contributed by atoms with Crippen molar-refractivity contribution in [2.24, 2.45) is 0 Å². The molecule has 2 fully saturated rings.